The third-order valence-corrected chi connectivity index (χ3v) is 6.40. The number of halogens is 6. The number of ether oxygens (including phenoxy) is 1. The minimum absolute atomic E-state index is 0.0668. The van der Waals surface area contributed by atoms with Crippen LogP contribution in [0.15, 0.2) is 48.5 Å². The van der Waals surface area contributed by atoms with Crippen molar-refractivity contribution in [3.8, 4) is 6.07 Å². The number of benzene rings is 2. The Kier molecular flexibility index (Phi) is 6.83. The van der Waals surface area contributed by atoms with Crippen molar-refractivity contribution in [2.24, 2.45) is 5.73 Å². The van der Waals surface area contributed by atoms with Gasteiger partial charge in [0.05, 0.1) is 29.9 Å². The summed E-state index contributed by atoms with van der Waals surface area (Å²) in [7, 11) is 0. The van der Waals surface area contributed by atoms with Crippen LogP contribution in [0.1, 0.15) is 61.0 Å². The maximum atomic E-state index is 13.2. The van der Waals surface area contributed by atoms with Gasteiger partial charge in [0, 0.05) is 5.41 Å². The molecular formula is C24H24F6N2O. The molecule has 0 saturated heterocycles. The lowest BCUT2D eigenvalue weighted by molar-refractivity contribution is -0.143. The highest BCUT2D eigenvalue weighted by Crippen LogP contribution is 2.44. The molecule has 2 aromatic carbocycles. The Bertz CT molecular complexity index is 970. The summed E-state index contributed by atoms with van der Waals surface area (Å²) in [6, 6.07) is 12.9. The van der Waals surface area contributed by atoms with E-state index in [1.54, 1.807) is 0 Å². The fourth-order valence-corrected chi connectivity index (χ4v) is 4.19. The molecule has 9 heteroatoms. The van der Waals surface area contributed by atoms with E-state index in [0.29, 0.717) is 37.8 Å². The predicted octanol–water partition coefficient (Wildman–Crippen LogP) is 6.53. The second-order valence-electron chi connectivity index (χ2n) is 8.71. The first-order chi connectivity index (χ1) is 15.3. The van der Waals surface area contributed by atoms with Crippen molar-refractivity contribution in [1.82, 2.24) is 0 Å². The Labute approximate surface area is 188 Å². The summed E-state index contributed by atoms with van der Waals surface area (Å²) in [5.74, 6) is 0. The van der Waals surface area contributed by atoms with E-state index >= 15 is 0 Å². The molecule has 1 atom stereocenters. The molecule has 0 heterocycles. The smallest absolute Gasteiger partial charge is 0.373 e. The number of nitrogens with two attached hydrogens (primary N) is 1. The topological polar surface area (TPSA) is 59.0 Å². The summed E-state index contributed by atoms with van der Waals surface area (Å²) in [5.41, 5.74) is 2.56. The third kappa shape index (κ3) is 5.68. The van der Waals surface area contributed by atoms with Crippen LogP contribution in [0.2, 0.25) is 0 Å². The molecule has 2 N–H and O–H groups in total. The zero-order chi connectivity index (χ0) is 24.5. The van der Waals surface area contributed by atoms with Crippen LogP contribution in [-0.4, -0.2) is 12.1 Å². The van der Waals surface area contributed by atoms with Gasteiger partial charge in [0.1, 0.15) is 5.54 Å². The highest BCUT2D eigenvalue weighted by molar-refractivity contribution is 5.35. The number of hydrogen-bond donors (Lipinski definition) is 1. The highest BCUT2D eigenvalue weighted by atomic mass is 19.4. The summed E-state index contributed by atoms with van der Waals surface area (Å²) < 4.78 is 85.2. The van der Waals surface area contributed by atoms with Gasteiger partial charge in [0.15, 0.2) is 0 Å². The third-order valence-electron chi connectivity index (χ3n) is 6.40. The maximum absolute atomic E-state index is 13.2. The van der Waals surface area contributed by atoms with E-state index in [-0.39, 0.29) is 18.2 Å². The van der Waals surface area contributed by atoms with Crippen LogP contribution >= 0.6 is 0 Å². The fraction of sp³-hybridized carbons (Fsp3) is 0.458. The molecule has 1 aliphatic rings. The molecule has 0 spiro atoms. The van der Waals surface area contributed by atoms with Crippen molar-refractivity contribution in [1.29, 1.82) is 5.26 Å². The molecule has 3 nitrogen and oxygen atoms in total. The second-order valence-corrected chi connectivity index (χ2v) is 8.71. The normalized spacial score (nSPS) is 24.8. The lowest BCUT2D eigenvalue weighted by Crippen LogP contribution is -2.48. The molecule has 0 radical (unpaired) electrons. The molecule has 178 valence electrons. The van der Waals surface area contributed by atoms with Gasteiger partial charge in [-0.2, -0.15) is 31.6 Å². The number of hydrogen-bond acceptors (Lipinski definition) is 3. The first-order valence-corrected chi connectivity index (χ1v) is 10.4. The molecule has 1 saturated carbocycles. The van der Waals surface area contributed by atoms with Gasteiger partial charge in [-0.25, -0.2) is 0 Å². The first-order valence-electron chi connectivity index (χ1n) is 10.4. The van der Waals surface area contributed by atoms with E-state index in [2.05, 4.69) is 6.07 Å². The number of nitrogens with zero attached hydrogens (tertiary/aromatic N) is 1. The van der Waals surface area contributed by atoms with Crippen molar-refractivity contribution in [2.75, 3.05) is 6.61 Å². The molecule has 2 aromatic rings. The monoisotopic (exact) mass is 470 g/mol. The predicted molar refractivity (Wildman–Crippen MR) is 110 cm³/mol. The zero-order valence-corrected chi connectivity index (χ0v) is 17.9. The van der Waals surface area contributed by atoms with Crippen LogP contribution < -0.4 is 5.73 Å². The van der Waals surface area contributed by atoms with Crippen LogP contribution in [0.4, 0.5) is 26.3 Å². The van der Waals surface area contributed by atoms with Gasteiger partial charge in [0.2, 0.25) is 0 Å². The fourth-order valence-electron chi connectivity index (χ4n) is 4.19. The summed E-state index contributed by atoms with van der Waals surface area (Å²) in [6.07, 6.45) is -9.06. The first kappa shape index (κ1) is 25.1. The van der Waals surface area contributed by atoms with E-state index in [1.807, 2.05) is 30.3 Å². The lowest BCUT2D eigenvalue weighted by atomic mass is 9.65. The second kappa shape index (κ2) is 8.99. The number of alkyl halides is 6. The van der Waals surface area contributed by atoms with Crippen molar-refractivity contribution < 1.29 is 31.1 Å². The summed E-state index contributed by atoms with van der Waals surface area (Å²) in [5, 5.41) is 9.35. The van der Waals surface area contributed by atoms with Crippen LogP contribution in [0.5, 0.6) is 0 Å². The standard InChI is InChI=1S/C24H24F6N2O/c1-16(17-11-19(23(25,26)27)13-20(12-17)24(28,29)30)33-15-21(18-5-3-2-4-6-18)7-9-22(32,14-31)10-8-21/h2-6,11-13,16H,7-10,15,32H2,1H3/t16-,21?,22?/m1/s1. The molecule has 0 aromatic heterocycles. The summed E-state index contributed by atoms with van der Waals surface area (Å²) in [6.45, 7) is 1.50. The zero-order valence-electron chi connectivity index (χ0n) is 17.9. The van der Waals surface area contributed by atoms with E-state index in [0.717, 1.165) is 5.56 Å². The number of rotatable bonds is 5. The Hall–Kier alpha value is -2.57. The van der Waals surface area contributed by atoms with Gasteiger partial charge in [-0.3, -0.25) is 0 Å². The van der Waals surface area contributed by atoms with E-state index < -0.39 is 40.5 Å². The van der Waals surface area contributed by atoms with Gasteiger partial charge in [-0.05, 0) is 61.9 Å². The average Bonchev–Trinajstić information content (AvgIpc) is 2.78. The van der Waals surface area contributed by atoms with Crippen molar-refractivity contribution >= 4 is 0 Å². The maximum Gasteiger partial charge on any atom is 0.416 e. The van der Waals surface area contributed by atoms with Gasteiger partial charge in [-0.15, -0.1) is 0 Å². The molecule has 1 aliphatic carbocycles. The Morgan fingerprint density at radius 1 is 0.939 bits per heavy atom. The minimum Gasteiger partial charge on any atom is -0.373 e. The Morgan fingerprint density at radius 2 is 1.45 bits per heavy atom. The minimum atomic E-state index is -4.92. The lowest BCUT2D eigenvalue weighted by Gasteiger charge is -2.43. The Morgan fingerprint density at radius 3 is 1.91 bits per heavy atom. The van der Waals surface area contributed by atoms with Crippen LogP contribution in [0, 0.1) is 11.3 Å². The van der Waals surface area contributed by atoms with Crippen molar-refractivity contribution in [3.63, 3.8) is 0 Å². The molecule has 0 amide bonds. The molecule has 0 unspecified atom stereocenters. The molecule has 0 bridgehead atoms. The van der Waals surface area contributed by atoms with E-state index in [1.165, 1.54) is 6.92 Å². The summed E-state index contributed by atoms with van der Waals surface area (Å²) >= 11 is 0. The van der Waals surface area contributed by atoms with Crippen LogP contribution in [-0.2, 0) is 22.5 Å². The van der Waals surface area contributed by atoms with Crippen LogP contribution in [0.25, 0.3) is 0 Å². The van der Waals surface area contributed by atoms with Gasteiger partial charge in [-0.1, -0.05) is 30.3 Å². The molecule has 3 rings (SSSR count). The largest absolute Gasteiger partial charge is 0.416 e. The molecular weight excluding hydrogens is 446 g/mol. The Balaban J connectivity index is 1.88. The molecule has 1 fully saturated rings. The van der Waals surface area contributed by atoms with E-state index in [9.17, 15) is 31.6 Å². The van der Waals surface area contributed by atoms with Gasteiger partial charge < -0.3 is 10.5 Å². The van der Waals surface area contributed by atoms with Crippen LogP contribution in [0.3, 0.4) is 0 Å². The quantitative estimate of drug-likeness (QED) is 0.505. The van der Waals surface area contributed by atoms with Crippen molar-refractivity contribution in [2.45, 2.75) is 62.0 Å². The molecule has 0 aliphatic heterocycles. The summed E-state index contributed by atoms with van der Waals surface area (Å²) in [4.78, 5) is 0. The van der Waals surface area contributed by atoms with Crippen molar-refractivity contribution in [3.05, 3.63) is 70.8 Å². The average molecular weight is 470 g/mol. The van der Waals surface area contributed by atoms with Gasteiger partial charge >= 0.3 is 12.4 Å². The van der Waals surface area contributed by atoms with E-state index in [4.69, 9.17) is 10.5 Å². The SMILES string of the molecule is C[C@@H](OCC1(c2ccccc2)CCC(N)(C#N)CC1)c1cc(C(F)(F)F)cc(C(F)(F)F)c1. The van der Waals surface area contributed by atoms with Gasteiger partial charge in [0.25, 0.3) is 0 Å². The number of nitriles is 1. The molecule has 33 heavy (non-hydrogen) atoms. The highest BCUT2D eigenvalue weighted by Gasteiger charge is 2.43.